The SMILES string of the molecule is COc1ccc(-c2onc(C)c2CN2C(=O)c3ccccc3C2=O)cc1. The number of imide groups is 1. The van der Waals surface area contributed by atoms with Crippen LogP contribution in [0.15, 0.2) is 53.1 Å². The van der Waals surface area contributed by atoms with Gasteiger partial charge in [-0.2, -0.15) is 0 Å². The van der Waals surface area contributed by atoms with E-state index in [2.05, 4.69) is 5.16 Å². The lowest BCUT2D eigenvalue weighted by atomic mass is 10.1. The van der Waals surface area contributed by atoms with Crippen molar-refractivity contribution in [3.05, 3.63) is 70.9 Å². The Morgan fingerprint density at radius 3 is 2.19 bits per heavy atom. The summed E-state index contributed by atoms with van der Waals surface area (Å²) in [5.41, 5.74) is 3.02. The van der Waals surface area contributed by atoms with Gasteiger partial charge in [-0.1, -0.05) is 17.3 Å². The molecule has 0 atom stereocenters. The second kappa shape index (κ2) is 6.15. The molecule has 4 rings (SSSR count). The van der Waals surface area contributed by atoms with Crippen molar-refractivity contribution < 1.29 is 18.8 Å². The molecule has 0 spiro atoms. The smallest absolute Gasteiger partial charge is 0.261 e. The lowest BCUT2D eigenvalue weighted by Crippen LogP contribution is -2.29. The first-order valence-electron chi connectivity index (χ1n) is 8.15. The van der Waals surface area contributed by atoms with Crippen molar-refractivity contribution >= 4 is 11.8 Å². The van der Waals surface area contributed by atoms with E-state index in [1.165, 1.54) is 4.90 Å². The normalized spacial score (nSPS) is 13.2. The van der Waals surface area contributed by atoms with Crippen molar-refractivity contribution in [3.63, 3.8) is 0 Å². The number of aryl methyl sites for hydroxylation is 1. The van der Waals surface area contributed by atoms with Crippen LogP contribution in [0.1, 0.15) is 32.0 Å². The maximum absolute atomic E-state index is 12.6. The predicted octanol–water partition coefficient (Wildman–Crippen LogP) is 3.45. The maximum atomic E-state index is 12.6. The number of amides is 2. The van der Waals surface area contributed by atoms with Gasteiger partial charge in [0.15, 0.2) is 5.76 Å². The highest BCUT2D eigenvalue weighted by atomic mass is 16.5. The molecule has 1 aliphatic heterocycles. The Kier molecular flexibility index (Phi) is 3.80. The molecular formula is C20H16N2O4. The first-order valence-corrected chi connectivity index (χ1v) is 8.15. The lowest BCUT2D eigenvalue weighted by molar-refractivity contribution is 0.0642. The Morgan fingerprint density at radius 2 is 1.62 bits per heavy atom. The number of methoxy groups -OCH3 is 1. The Morgan fingerprint density at radius 1 is 1.00 bits per heavy atom. The number of ether oxygens (including phenoxy) is 1. The Labute approximate surface area is 150 Å². The van der Waals surface area contributed by atoms with Gasteiger partial charge in [0, 0.05) is 11.1 Å². The monoisotopic (exact) mass is 348 g/mol. The van der Waals surface area contributed by atoms with Gasteiger partial charge in [0.2, 0.25) is 0 Å². The first kappa shape index (κ1) is 16.1. The number of hydrogen-bond donors (Lipinski definition) is 0. The van der Waals surface area contributed by atoms with E-state index in [9.17, 15) is 9.59 Å². The van der Waals surface area contributed by atoms with E-state index in [-0.39, 0.29) is 18.4 Å². The van der Waals surface area contributed by atoms with Crippen molar-refractivity contribution in [2.24, 2.45) is 0 Å². The Balaban J connectivity index is 1.69. The molecule has 2 amide bonds. The van der Waals surface area contributed by atoms with Gasteiger partial charge in [-0.15, -0.1) is 0 Å². The van der Waals surface area contributed by atoms with Gasteiger partial charge >= 0.3 is 0 Å². The van der Waals surface area contributed by atoms with Crippen molar-refractivity contribution in [2.75, 3.05) is 7.11 Å². The zero-order chi connectivity index (χ0) is 18.3. The average molecular weight is 348 g/mol. The summed E-state index contributed by atoms with van der Waals surface area (Å²) in [6.07, 6.45) is 0. The number of carbonyl (C=O) groups is 2. The van der Waals surface area contributed by atoms with Crippen LogP contribution in [-0.4, -0.2) is 29.0 Å². The first-order chi connectivity index (χ1) is 12.6. The molecule has 0 N–H and O–H groups in total. The summed E-state index contributed by atoms with van der Waals surface area (Å²) in [6.45, 7) is 1.91. The fraction of sp³-hybridized carbons (Fsp3) is 0.150. The number of hydrogen-bond acceptors (Lipinski definition) is 5. The average Bonchev–Trinajstić information content (AvgIpc) is 3.16. The van der Waals surface area contributed by atoms with Crippen LogP contribution in [0.2, 0.25) is 0 Å². The van der Waals surface area contributed by atoms with Crippen molar-refractivity contribution in [1.82, 2.24) is 10.1 Å². The van der Waals surface area contributed by atoms with Gasteiger partial charge < -0.3 is 9.26 Å². The highest BCUT2D eigenvalue weighted by Gasteiger charge is 2.36. The summed E-state index contributed by atoms with van der Waals surface area (Å²) in [5, 5.41) is 4.02. The van der Waals surface area contributed by atoms with E-state index >= 15 is 0 Å². The largest absolute Gasteiger partial charge is 0.497 e. The molecule has 1 aliphatic rings. The third kappa shape index (κ3) is 2.47. The molecule has 0 aliphatic carbocycles. The van der Waals surface area contributed by atoms with E-state index in [4.69, 9.17) is 9.26 Å². The fourth-order valence-electron chi connectivity index (χ4n) is 3.08. The molecular weight excluding hydrogens is 332 g/mol. The van der Waals surface area contributed by atoms with Gasteiger partial charge in [-0.25, -0.2) is 0 Å². The number of benzene rings is 2. The van der Waals surface area contributed by atoms with Gasteiger partial charge in [0.25, 0.3) is 11.8 Å². The zero-order valence-corrected chi connectivity index (χ0v) is 14.4. The van der Waals surface area contributed by atoms with Crippen LogP contribution in [-0.2, 0) is 6.54 Å². The number of carbonyl (C=O) groups excluding carboxylic acids is 2. The predicted molar refractivity (Wildman–Crippen MR) is 93.9 cm³/mol. The van der Waals surface area contributed by atoms with Crippen LogP contribution in [0.4, 0.5) is 0 Å². The molecule has 26 heavy (non-hydrogen) atoms. The number of fused-ring (bicyclic) bond motifs is 1. The fourth-order valence-corrected chi connectivity index (χ4v) is 3.08. The third-order valence-electron chi connectivity index (χ3n) is 4.53. The zero-order valence-electron chi connectivity index (χ0n) is 14.4. The third-order valence-corrected chi connectivity index (χ3v) is 4.53. The molecule has 0 radical (unpaired) electrons. The molecule has 1 aromatic heterocycles. The lowest BCUT2D eigenvalue weighted by Gasteiger charge is -2.14. The summed E-state index contributed by atoms with van der Waals surface area (Å²) < 4.78 is 10.6. The molecule has 0 saturated carbocycles. The van der Waals surface area contributed by atoms with E-state index in [0.29, 0.717) is 28.1 Å². The van der Waals surface area contributed by atoms with Crippen LogP contribution < -0.4 is 4.74 Å². The van der Waals surface area contributed by atoms with Gasteiger partial charge in [0.05, 0.1) is 30.5 Å². The molecule has 0 bridgehead atoms. The topological polar surface area (TPSA) is 72.6 Å². The van der Waals surface area contributed by atoms with Crippen LogP contribution in [0.3, 0.4) is 0 Å². The van der Waals surface area contributed by atoms with Gasteiger partial charge in [-0.05, 0) is 43.3 Å². The molecule has 3 aromatic rings. The van der Waals surface area contributed by atoms with E-state index < -0.39 is 0 Å². The van der Waals surface area contributed by atoms with Gasteiger partial charge in [-0.3, -0.25) is 14.5 Å². The number of aromatic nitrogens is 1. The summed E-state index contributed by atoms with van der Waals surface area (Å²) in [7, 11) is 1.60. The highest BCUT2D eigenvalue weighted by molar-refractivity contribution is 6.21. The quantitative estimate of drug-likeness (QED) is 0.675. The highest BCUT2D eigenvalue weighted by Crippen LogP contribution is 2.31. The number of rotatable bonds is 4. The molecule has 0 saturated heterocycles. The standard InChI is InChI=1S/C20H16N2O4/c1-12-17(18(26-21-12)13-7-9-14(25-2)10-8-13)11-22-19(23)15-5-3-4-6-16(15)20(22)24/h3-10H,11H2,1-2H3. The van der Waals surface area contributed by atoms with Gasteiger partial charge in [0.1, 0.15) is 5.75 Å². The molecule has 6 nitrogen and oxygen atoms in total. The van der Waals surface area contributed by atoms with E-state index in [1.807, 2.05) is 24.3 Å². The number of nitrogens with zero attached hydrogens (tertiary/aromatic N) is 2. The van der Waals surface area contributed by atoms with E-state index in [1.54, 1.807) is 38.3 Å². The second-order valence-corrected chi connectivity index (χ2v) is 6.05. The van der Waals surface area contributed by atoms with Crippen LogP contribution in [0.25, 0.3) is 11.3 Å². The Bertz CT molecular complexity index is 970. The minimum Gasteiger partial charge on any atom is -0.497 e. The minimum atomic E-state index is -0.299. The second-order valence-electron chi connectivity index (χ2n) is 6.05. The molecule has 0 fully saturated rings. The maximum Gasteiger partial charge on any atom is 0.261 e. The summed E-state index contributed by atoms with van der Waals surface area (Å²) in [6, 6.07) is 14.2. The van der Waals surface area contributed by atoms with Crippen LogP contribution in [0, 0.1) is 6.92 Å². The summed E-state index contributed by atoms with van der Waals surface area (Å²) in [4.78, 5) is 26.5. The minimum absolute atomic E-state index is 0.114. The molecule has 2 aromatic carbocycles. The van der Waals surface area contributed by atoms with Crippen molar-refractivity contribution in [3.8, 4) is 17.1 Å². The summed E-state index contributed by atoms with van der Waals surface area (Å²) in [5.74, 6) is 0.673. The molecule has 6 heteroatoms. The molecule has 130 valence electrons. The van der Waals surface area contributed by atoms with Crippen LogP contribution >= 0.6 is 0 Å². The molecule has 0 unspecified atom stereocenters. The Hall–Kier alpha value is -3.41. The van der Waals surface area contributed by atoms with Crippen molar-refractivity contribution in [2.45, 2.75) is 13.5 Å². The summed E-state index contributed by atoms with van der Waals surface area (Å²) >= 11 is 0. The molecule has 2 heterocycles. The van der Waals surface area contributed by atoms with Crippen LogP contribution in [0.5, 0.6) is 5.75 Å². The van der Waals surface area contributed by atoms with E-state index in [0.717, 1.165) is 11.3 Å². The van der Waals surface area contributed by atoms with Crippen molar-refractivity contribution in [1.29, 1.82) is 0 Å².